The Morgan fingerprint density at radius 3 is 2.59 bits per heavy atom. The highest BCUT2D eigenvalue weighted by Gasteiger charge is 2.53. The number of thioether (sulfide) groups is 1. The first kappa shape index (κ1) is 23.4. The maximum atomic E-state index is 12.9. The van der Waals surface area contributed by atoms with Gasteiger partial charge in [-0.3, -0.25) is 4.79 Å². The van der Waals surface area contributed by atoms with Crippen molar-refractivity contribution in [1.29, 1.82) is 0 Å². The van der Waals surface area contributed by atoms with Crippen LogP contribution in [-0.2, 0) is 4.79 Å². The van der Waals surface area contributed by atoms with Crippen LogP contribution in [-0.4, -0.2) is 32.9 Å². The SMILES string of the molecule is C[C@@H](NC(=O)CSc1nnc(-c2cc(-c3cccs3)nc3ccccc23)o1)C12CC3CC(CC(C3)C1)C2. The van der Waals surface area contributed by atoms with Gasteiger partial charge in [0.15, 0.2) is 0 Å². The van der Waals surface area contributed by atoms with Gasteiger partial charge >= 0.3 is 0 Å². The van der Waals surface area contributed by atoms with Gasteiger partial charge in [-0.2, -0.15) is 0 Å². The number of hydrogen-bond donors (Lipinski definition) is 1. The number of fused-ring (bicyclic) bond motifs is 1. The molecule has 1 atom stereocenters. The van der Waals surface area contributed by atoms with Crippen LogP contribution in [0.4, 0.5) is 0 Å². The van der Waals surface area contributed by atoms with Crippen LogP contribution in [0.3, 0.4) is 0 Å². The first-order valence-corrected chi connectivity index (χ1v) is 15.1. The van der Waals surface area contributed by atoms with E-state index in [0.717, 1.165) is 44.8 Å². The van der Waals surface area contributed by atoms with E-state index < -0.39 is 0 Å². The number of benzene rings is 1. The fourth-order valence-electron chi connectivity index (χ4n) is 7.55. The molecule has 0 radical (unpaired) electrons. The molecule has 37 heavy (non-hydrogen) atoms. The van der Waals surface area contributed by atoms with Crippen molar-refractivity contribution in [2.75, 3.05) is 5.75 Å². The summed E-state index contributed by atoms with van der Waals surface area (Å²) in [5.41, 5.74) is 2.92. The Labute approximate surface area is 224 Å². The highest BCUT2D eigenvalue weighted by molar-refractivity contribution is 7.99. The third-order valence-electron chi connectivity index (χ3n) is 8.84. The van der Waals surface area contributed by atoms with Crippen molar-refractivity contribution in [3.63, 3.8) is 0 Å². The molecule has 6 nitrogen and oxygen atoms in total. The molecule has 4 aliphatic rings. The quantitative estimate of drug-likeness (QED) is 0.264. The number of hydrogen-bond acceptors (Lipinski definition) is 7. The number of nitrogens with one attached hydrogen (secondary N) is 1. The van der Waals surface area contributed by atoms with Crippen LogP contribution in [0.2, 0.25) is 0 Å². The second-order valence-corrected chi connectivity index (χ2v) is 13.2. The van der Waals surface area contributed by atoms with E-state index in [1.807, 2.05) is 41.8 Å². The second kappa shape index (κ2) is 9.24. The highest BCUT2D eigenvalue weighted by atomic mass is 32.2. The molecule has 0 saturated heterocycles. The van der Waals surface area contributed by atoms with E-state index in [0.29, 0.717) is 16.5 Å². The molecule has 4 fully saturated rings. The fraction of sp³-hybridized carbons (Fsp3) is 0.448. The van der Waals surface area contributed by atoms with Crippen molar-refractivity contribution in [2.45, 2.75) is 56.7 Å². The van der Waals surface area contributed by atoms with Crippen LogP contribution in [0.25, 0.3) is 32.9 Å². The van der Waals surface area contributed by atoms with Gasteiger partial charge < -0.3 is 9.73 Å². The van der Waals surface area contributed by atoms with Crippen molar-refractivity contribution in [1.82, 2.24) is 20.5 Å². The summed E-state index contributed by atoms with van der Waals surface area (Å²) in [5.74, 6) is 3.39. The molecule has 4 aliphatic carbocycles. The van der Waals surface area contributed by atoms with E-state index in [1.54, 1.807) is 11.3 Å². The molecule has 1 aromatic carbocycles. The molecule has 0 unspecified atom stereocenters. The predicted octanol–water partition coefficient (Wildman–Crippen LogP) is 6.83. The Bertz CT molecular complexity index is 1410. The Balaban J connectivity index is 1.05. The van der Waals surface area contributed by atoms with Gasteiger partial charge in [0, 0.05) is 11.4 Å². The zero-order valence-electron chi connectivity index (χ0n) is 20.9. The van der Waals surface area contributed by atoms with Crippen LogP contribution in [0, 0.1) is 23.2 Å². The van der Waals surface area contributed by atoms with Gasteiger partial charge in [0.25, 0.3) is 5.22 Å². The number of amides is 1. The van der Waals surface area contributed by atoms with E-state index in [-0.39, 0.29) is 17.7 Å². The van der Waals surface area contributed by atoms with Gasteiger partial charge in [0.2, 0.25) is 11.8 Å². The second-order valence-electron chi connectivity index (χ2n) is 11.3. The molecule has 1 N–H and O–H groups in total. The summed E-state index contributed by atoms with van der Waals surface area (Å²) < 4.78 is 6.04. The van der Waals surface area contributed by atoms with E-state index in [9.17, 15) is 4.79 Å². The molecule has 3 heterocycles. The van der Waals surface area contributed by atoms with E-state index in [4.69, 9.17) is 9.40 Å². The topological polar surface area (TPSA) is 80.9 Å². The summed E-state index contributed by atoms with van der Waals surface area (Å²) >= 11 is 2.95. The van der Waals surface area contributed by atoms with Gasteiger partial charge in [0.1, 0.15) is 0 Å². The number of carbonyl (C=O) groups excluding carboxylic acids is 1. The Morgan fingerprint density at radius 2 is 1.86 bits per heavy atom. The molecule has 8 rings (SSSR count). The summed E-state index contributed by atoms with van der Waals surface area (Å²) in [6.45, 7) is 2.22. The van der Waals surface area contributed by atoms with Gasteiger partial charge in [-0.15, -0.1) is 21.5 Å². The minimum atomic E-state index is 0.0438. The molecule has 3 aromatic heterocycles. The number of carbonyl (C=O) groups is 1. The Kier molecular flexibility index (Phi) is 5.85. The van der Waals surface area contributed by atoms with Gasteiger partial charge in [0.05, 0.1) is 27.4 Å². The molecule has 190 valence electrons. The molecular formula is C29H30N4O2S2. The lowest BCUT2D eigenvalue weighted by Crippen LogP contribution is -2.56. The average Bonchev–Trinajstić information content (AvgIpc) is 3.59. The third-order valence-corrected chi connectivity index (χ3v) is 10.5. The van der Waals surface area contributed by atoms with Gasteiger partial charge in [-0.1, -0.05) is 36.0 Å². The van der Waals surface area contributed by atoms with Gasteiger partial charge in [-0.05, 0) is 92.2 Å². The van der Waals surface area contributed by atoms with Crippen LogP contribution < -0.4 is 5.32 Å². The zero-order chi connectivity index (χ0) is 25.0. The van der Waals surface area contributed by atoms with Crippen molar-refractivity contribution < 1.29 is 9.21 Å². The Morgan fingerprint density at radius 1 is 1.11 bits per heavy atom. The van der Waals surface area contributed by atoms with E-state index in [1.165, 1.54) is 50.3 Å². The van der Waals surface area contributed by atoms with Crippen LogP contribution in [0.15, 0.2) is 57.5 Å². The average molecular weight is 531 g/mol. The normalized spacial score (nSPS) is 27.0. The summed E-state index contributed by atoms with van der Waals surface area (Å²) in [4.78, 5) is 18.8. The van der Waals surface area contributed by atoms with Crippen molar-refractivity contribution >= 4 is 39.9 Å². The van der Waals surface area contributed by atoms with Crippen LogP contribution >= 0.6 is 23.1 Å². The summed E-state index contributed by atoms with van der Waals surface area (Å²) in [5, 5.41) is 15.3. The maximum Gasteiger partial charge on any atom is 0.277 e. The lowest BCUT2D eigenvalue weighted by Gasteiger charge is -2.59. The van der Waals surface area contributed by atoms with Crippen molar-refractivity contribution in [3.05, 3.63) is 47.8 Å². The largest absolute Gasteiger partial charge is 0.411 e. The van der Waals surface area contributed by atoms with Crippen molar-refractivity contribution in [2.24, 2.45) is 23.2 Å². The fourth-order valence-corrected chi connectivity index (χ4v) is 8.81. The molecule has 4 bridgehead atoms. The van der Waals surface area contributed by atoms with Crippen LogP contribution in [0.5, 0.6) is 0 Å². The molecule has 0 aliphatic heterocycles. The van der Waals surface area contributed by atoms with Crippen LogP contribution in [0.1, 0.15) is 45.4 Å². The lowest BCUT2D eigenvalue weighted by molar-refractivity contribution is -0.123. The first-order valence-electron chi connectivity index (χ1n) is 13.2. The molecule has 4 aromatic rings. The number of para-hydroxylation sites is 1. The number of thiophene rings is 1. The van der Waals surface area contributed by atoms with Crippen molar-refractivity contribution in [3.8, 4) is 22.0 Å². The summed E-state index contributed by atoms with van der Waals surface area (Å²) in [7, 11) is 0. The third kappa shape index (κ3) is 4.38. The smallest absolute Gasteiger partial charge is 0.277 e. The molecule has 4 saturated carbocycles. The first-order chi connectivity index (χ1) is 18.0. The minimum absolute atomic E-state index is 0.0438. The molecule has 8 heteroatoms. The molecule has 1 amide bonds. The zero-order valence-corrected chi connectivity index (χ0v) is 22.5. The van der Waals surface area contributed by atoms with E-state index >= 15 is 0 Å². The number of pyridine rings is 1. The van der Waals surface area contributed by atoms with Gasteiger partial charge in [-0.25, -0.2) is 4.98 Å². The number of nitrogens with zero attached hydrogens (tertiary/aromatic N) is 3. The summed E-state index contributed by atoms with van der Waals surface area (Å²) in [6, 6.07) is 14.3. The monoisotopic (exact) mass is 530 g/mol. The number of aromatic nitrogens is 3. The standard InChI is InChI=1S/C29H30N4O2S2/c1-17(29-13-18-9-19(14-29)11-20(10-18)15-29)30-26(34)16-37-28-33-32-27(35-28)22-12-24(25-7-4-8-36-25)31-23-6-3-2-5-21(22)23/h2-8,12,17-20H,9-11,13-16H2,1H3,(H,30,34)/t17-,18?,19?,20?,29?/m1/s1. The maximum absolute atomic E-state index is 12.9. The highest BCUT2D eigenvalue weighted by Crippen LogP contribution is 2.61. The molecular weight excluding hydrogens is 500 g/mol. The molecule has 0 spiro atoms. The Hall–Kier alpha value is -2.71. The lowest BCUT2D eigenvalue weighted by atomic mass is 9.48. The van der Waals surface area contributed by atoms with E-state index in [2.05, 4.69) is 28.5 Å². The predicted molar refractivity (Wildman–Crippen MR) is 147 cm³/mol. The number of rotatable bonds is 7. The minimum Gasteiger partial charge on any atom is -0.411 e. The summed E-state index contributed by atoms with van der Waals surface area (Å²) in [6.07, 6.45) is 8.10.